The molecule has 0 aromatic rings. The van der Waals surface area contributed by atoms with Gasteiger partial charge < -0.3 is 5.11 Å². The first-order valence-corrected chi connectivity index (χ1v) is 10.1. The molecule has 3 fully saturated rings. The number of carbonyl (C=O) groups excluding carboxylic acids is 1. The molecule has 0 spiro atoms. The van der Waals surface area contributed by atoms with Crippen LogP contribution in [0.5, 0.6) is 0 Å². The van der Waals surface area contributed by atoms with E-state index in [1.807, 2.05) is 0 Å². The lowest BCUT2D eigenvalue weighted by Crippen LogP contribution is -2.53. The first kappa shape index (κ1) is 16.9. The van der Waals surface area contributed by atoms with Gasteiger partial charge in [-0.05, 0) is 68.6 Å². The van der Waals surface area contributed by atoms with Gasteiger partial charge in [-0.2, -0.15) is 0 Å². The van der Waals surface area contributed by atoms with Crippen LogP contribution in [0.15, 0.2) is 11.6 Å². The lowest BCUT2D eigenvalue weighted by Gasteiger charge is -2.58. The summed E-state index contributed by atoms with van der Waals surface area (Å²) in [6.45, 7) is 6.53. The molecule has 24 heavy (non-hydrogen) atoms. The van der Waals surface area contributed by atoms with Crippen LogP contribution in [0.4, 0.5) is 0 Å². The fourth-order valence-corrected chi connectivity index (χ4v) is 7.64. The molecule has 4 rings (SSSR count). The summed E-state index contributed by atoms with van der Waals surface area (Å²) < 4.78 is 0. The number of thiocarbonyl (C=S) groups is 1. The number of hydrogen-bond donors (Lipinski definition) is 1. The highest BCUT2D eigenvalue weighted by molar-refractivity contribution is 7.80. The van der Waals surface area contributed by atoms with Gasteiger partial charge in [-0.15, -0.1) is 0 Å². The van der Waals surface area contributed by atoms with Crippen LogP contribution in [0, 0.1) is 34.5 Å². The average Bonchev–Trinajstić information content (AvgIpc) is 2.86. The van der Waals surface area contributed by atoms with Crippen molar-refractivity contribution in [2.45, 2.75) is 71.8 Å². The van der Waals surface area contributed by atoms with E-state index in [1.54, 1.807) is 6.92 Å². The maximum Gasteiger partial charge on any atom is 0.133 e. The topological polar surface area (TPSA) is 37.3 Å². The fraction of sp³-hybridized carbons (Fsp3) is 0.810. The van der Waals surface area contributed by atoms with Crippen molar-refractivity contribution < 1.29 is 9.90 Å². The Morgan fingerprint density at radius 3 is 2.67 bits per heavy atom. The van der Waals surface area contributed by atoms with Crippen LogP contribution < -0.4 is 0 Å². The van der Waals surface area contributed by atoms with Crippen LogP contribution in [0.1, 0.15) is 65.7 Å². The molecule has 0 amide bonds. The van der Waals surface area contributed by atoms with Crippen LogP contribution in [0.25, 0.3) is 0 Å². The van der Waals surface area contributed by atoms with Gasteiger partial charge in [0.2, 0.25) is 0 Å². The SMILES string of the molecule is CC(=O)C1CCC2C3CC=C4CC(O)CC(=S)C4(C)C3CCC12C. The summed E-state index contributed by atoms with van der Waals surface area (Å²) in [6, 6.07) is 0. The van der Waals surface area contributed by atoms with Crippen molar-refractivity contribution in [3.63, 3.8) is 0 Å². The largest absolute Gasteiger partial charge is 0.392 e. The van der Waals surface area contributed by atoms with E-state index >= 15 is 0 Å². The lowest BCUT2D eigenvalue weighted by molar-refractivity contribution is -0.126. The number of fused-ring (bicyclic) bond motifs is 5. The highest BCUT2D eigenvalue weighted by Gasteiger charge is 2.60. The minimum atomic E-state index is -0.282. The molecule has 3 saturated carbocycles. The van der Waals surface area contributed by atoms with E-state index in [2.05, 4.69) is 19.9 Å². The molecule has 0 heterocycles. The maximum absolute atomic E-state index is 12.2. The Balaban J connectivity index is 1.70. The maximum atomic E-state index is 12.2. The highest BCUT2D eigenvalue weighted by atomic mass is 32.1. The van der Waals surface area contributed by atoms with E-state index < -0.39 is 0 Å². The van der Waals surface area contributed by atoms with E-state index in [-0.39, 0.29) is 22.9 Å². The fourth-order valence-electron chi connectivity index (χ4n) is 7.16. The second-order valence-electron chi connectivity index (χ2n) is 9.31. The molecule has 1 N–H and O–H groups in total. The summed E-state index contributed by atoms with van der Waals surface area (Å²) in [7, 11) is 0. The molecular formula is C21H30O2S. The van der Waals surface area contributed by atoms with Crippen LogP contribution >= 0.6 is 12.2 Å². The molecule has 3 heteroatoms. The second kappa shape index (κ2) is 5.48. The van der Waals surface area contributed by atoms with E-state index in [9.17, 15) is 9.90 Å². The van der Waals surface area contributed by atoms with Gasteiger partial charge in [0, 0.05) is 22.6 Å². The molecule has 132 valence electrons. The Kier molecular flexibility index (Phi) is 3.86. The number of hydrogen-bond acceptors (Lipinski definition) is 3. The smallest absolute Gasteiger partial charge is 0.133 e. The Bertz CT molecular complexity index is 623. The minimum absolute atomic E-state index is 0.00706. The zero-order chi connectivity index (χ0) is 17.3. The molecule has 0 aromatic heterocycles. The summed E-state index contributed by atoms with van der Waals surface area (Å²) in [6.07, 6.45) is 9.37. The molecule has 4 aliphatic carbocycles. The second-order valence-corrected chi connectivity index (χ2v) is 9.81. The predicted molar refractivity (Wildman–Crippen MR) is 99.9 cm³/mol. The third kappa shape index (κ3) is 2.10. The van der Waals surface area contributed by atoms with Crippen molar-refractivity contribution in [1.82, 2.24) is 0 Å². The first-order valence-electron chi connectivity index (χ1n) is 9.69. The normalized spacial score (nSPS) is 50.6. The lowest BCUT2D eigenvalue weighted by atomic mass is 9.47. The number of aliphatic hydroxyl groups excluding tert-OH is 1. The molecule has 2 nitrogen and oxygen atoms in total. The minimum Gasteiger partial charge on any atom is -0.392 e. The zero-order valence-electron chi connectivity index (χ0n) is 15.2. The van der Waals surface area contributed by atoms with Gasteiger partial charge in [-0.1, -0.05) is 37.7 Å². The van der Waals surface area contributed by atoms with Crippen molar-refractivity contribution >= 4 is 22.9 Å². The molecule has 7 unspecified atom stereocenters. The summed E-state index contributed by atoms with van der Waals surface area (Å²) in [4.78, 5) is 13.3. The number of ketones is 1. The molecule has 0 bridgehead atoms. The summed E-state index contributed by atoms with van der Waals surface area (Å²) in [5.74, 6) is 2.60. The number of rotatable bonds is 1. The highest BCUT2D eigenvalue weighted by Crippen LogP contribution is 2.65. The quantitative estimate of drug-likeness (QED) is 0.561. The van der Waals surface area contributed by atoms with Crippen molar-refractivity contribution in [2.24, 2.45) is 34.5 Å². The number of allylic oxidation sites excluding steroid dienone is 1. The van der Waals surface area contributed by atoms with Crippen LogP contribution in [-0.2, 0) is 4.79 Å². The Morgan fingerprint density at radius 1 is 1.21 bits per heavy atom. The predicted octanol–water partition coefficient (Wildman–Crippen LogP) is 4.50. The van der Waals surface area contributed by atoms with E-state index in [0.717, 1.165) is 30.5 Å². The monoisotopic (exact) mass is 346 g/mol. The standard InChI is InChI=1S/C21H30O2S/c1-12(22)16-6-7-17-15-5-4-13-10-14(23)11-19(24)21(13,3)18(15)8-9-20(16,17)2/h4,14-18,23H,5-11H2,1-3H3. The summed E-state index contributed by atoms with van der Waals surface area (Å²) >= 11 is 5.82. The number of carbonyl (C=O) groups is 1. The van der Waals surface area contributed by atoms with Gasteiger partial charge in [0.15, 0.2) is 0 Å². The van der Waals surface area contributed by atoms with Gasteiger partial charge in [0.1, 0.15) is 5.78 Å². The number of aliphatic hydroxyl groups is 1. The third-order valence-corrected chi connectivity index (χ3v) is 9.02. The average molecular weight is 347 g/mol. The van der Waals surface area contributed by atoms with Crippen molar-refractivity contribution in [2.75, 3.05) is 0 Å². The summed E-state index contributed by atoms with van der Waals surface area (Å²) in [5.41, 5.74) is 1.61. The zero-order valence-corrected chi connectivity index (χ0v) is 16.0. The van der Waals surface area contributed by atoms with E-state index in [1.165, 1.54) is 18.4 Å². The number of Topliss-reactive ketones (excluding diaryl/α,β-unsaturated/α-hetero) is 1. The Labute approximate surface area is 151 Å². The van der Waals surface area contributed by atoms with Gasteiger partial charge >= 0.3 is 0 Å². The molecule has 0 radical (unpaired) electrons. The van der Waals surface area contributed by atoms with Gasteiger partial charge in [-0.25, -0.2) is 0 Å². The molecule has 7 atom stereocenters. The van der Waals surface area contributed by atoms with E-state index in [4.69, 9.17) is 12.2 Å². The Morgan fingerprint density at radius 2 is 1.96 bits per heavy atom. The summed E-state index contributed by atoms with van der Waals surface area (Å²) in [5, 5.41) is 10.2. The third-order valence-electron chi connectivity index (χ3n) is 8.43. The van der Waals surface area contributed by atoms with Gasteiger partial charge in [0.25, 0.3) is 0 Å². The van der Waals surface area contributed by atoms with Gasteiger partial charge in [-0.3, -0.25) is 4.79 Å². The Hall–Kier alpha value is -0.540. The molecule has 0 aliphatic heterocycles. The van der Waals surface area contributed by atoms with Crippen LogP contribution in [0.3, 0.4) is 0 Å². The van der Waals surface area contributed by atoms with Crippen molar-refractivity contribution in [3.8, 4) is 0 Å². The van der Waals surface area contributed by atoms with Crippen molar-refractivity contribution in [1.29, 1.82) is 0 Å². The first-order chi connectivity index (χ1) is 11.3. The molecule has 4 aliphatic rings. The van der Waals surface area contributed by atoms with Gasteiger partial charge in [0.05, 0.1) is 6.10 Å². The molecule has 0 saturated heterocycles. The molecule has 0 aromatic carbocycles. The molecular weight excluding hydrogens is 316 g/mol. The van der Waals surface area contributed by atoms with Crippen LogP contribution in [0.2, 0.25) is 0 Å². The van der Waals surface area contributed by atoms with E-state index in [0.29, 0.717) is 30.0 Å². The van der Waals surface area contributed by atoms with Crippen LogP contribution in [-0.4, -0.2) is 21.9 Å². The van der Waals surface area contributed by atoms with Crippen molar-refractivity contribution in [3.05, 3.63) is 11.6 Å².